The second kappa shape index (κ2) is 8.19. The normalized spacial score (nSPS) is 10.4. The van der Waals surface area contributed by atoms with E-state index >= 15 is 0 Å². The molecule has 4 nitrogen and oxygen atoms in total. The maximum atomic E-state index is 4.61. The van der Waals surface area contributed by atoms with Crippen LogP contribution in [0.3, 0.4) is 0 Å². The second-order valence-electron chi connectivity index (χ2n) is 4.16. The minimum Gasteiger partial charge on any atom is -0.370 e. The van der Waals surface area contributed by atoms with Gasteiger partial charge in [-0.1, -0.05) is 6.92 Å². The van der Waals surface area contributed by atoms with Crippen LogP contribution >= 0.6 is 11.8 Å². The van der Waals surface area contributed by atoms with E-state index in [1.165, 1.54) is 0 Å². The molecule has 0 saturated carbocycles. The fraction of sp³-hybridized carbons (Fsp3) is 0.692. The van der Waals surface area contributed by atoms with Crippen molar-refractivity contribution >= 4 is 23.4 Å². The lowest BCUT2D eigenvalue weighted by molar-refractivity contribution is 0.831. The van der Waals surface area contributed by atoms with Crippen molar-refractivity contribution in [3.63, 3.8) is 0 Å². The Morgan fingerprint density at radius 3 is 2.33 bits per heavy atom. The molecular weight excluding hydrogens is 244 g/mol. The van der Waals surface area contributed by atoms with Crippen LogP contribution in [-0.4, -0.2) is 35.1 Å². The van der Waals surface area contributed by atoms with E-state index in [0.29, 0.717) is 0 Å². The number of rotatable bonds is 8. The van der Waals surface area contributed by atoms with E-state index in [4.69, 9.17) is 0 Å². The topological polar surface area (TPSA) is 49.8 Å². The monoisotopic (exact) mass is 268 g/mol. The van der Waals surface area contributed by atoms with Crippen LogP contribution in [0.15, 0.2) is 0 Å². The highest BCUT2D eigenvalue weighted by Crippen LogP contribution is 2.20. The number of nitrogens with one attached hydrogen (secondary N) is 2. The van der Waals surface area contributed by atoms with Gasteiger partial charge in [0.1, 0.15) is 17.5 Å². The molecule has 1 aromatic heterocycles. The van der Waals surface area contributed by atoms with Crippen molar-refractivity contribution in [1.82, 2.24) is 9.97 Å². The molecule has 0 saturated heterocycles. The maximum Gasteiger partial charge on any atom is 0.134 e. The van der Waals surface area contributed by atoms with Crippen molar-refractivity contribution in [3.8, 4) is 0 Å². The van der Waals surface area contributed by atoms with Gasteiger partial charge in [-0.25, -0.2) is 9.97 Å². The Labute approximate surface area is 114 Å². The molecule has 0 aliphatic heterocycles. The smallest absolute Gasteiger partial charge is 0.134 e. The van der Waals surface area contributed by atoms with Gasteiger partial charge in [0.05, 0.1) is 0 Å². The van der Waals surface area contributed by atoms with Crippen molar-refractivity contribution in [3.05, 3.63) is 11.4 Å². The Hall–Kier alpha value is -0.970. The Kier molecular flexibility index (Phi) is 6.86. The second-order valence-corrected chi connectivity index (χ2v) is 5.15. The van der Waals surface area contributed by atoms with Crippen molar-refractivity contribution in [2.24, 2.45) is 0 Å². The first-order chi connectivity index (χ1) is 8.72. The number of aromatic nitrogens is 2. The van der Waals surface area contributed by atoms with Crippen LogP contribution in [0.2, 0.25) is 0 Å². The van der Waals surface area contributed by atoms with Gasteiger partial charge in [0.15, 0.2) is 0 Å². The third kappa shape index (κ3) is 4.37. The van der Waals surface area contributed by atoms with Gasteiger partial charge >= 0.3 is 0 Å². The lowest BCUT2D eigenvalue weighted by Crippen LogP contribution is -2.12. The van der Waals surface area contributed by atoms with E-state index in [1.807, 2.05) is 11.8 Å². The quantitative estimate of drug-likeness (QED) is 0.710. The Morgan fingerprint density at radius 2 is 1.78 bits per heavy atom. The van der Waals surface area contributed by atoms with E-state index in [0.717, 1.165) is 54.7 Å². The molecule has 0 aliphatic rings. The molecule has 5 heteroatoms. The van der Waals surface area contributed by atoms with Crippen LogP contribution in [0, 0.1) is 6.92 Å². The lowest BCUT2D eigenvalue weighted by atomic mass is 10.2. The lowest BCUT2D eigenvalue weighted by Gasteiger charge is -2.14. The summed E-state index contributed by atoms with van der Waals surface area (Å²) in [6, 6.07) is 0. The van der Waals surface area contributed by atoms with E-state index < -0.39 is 0 Å². The molecule has 0 amide bonds. The number of anilines is 2. The molecule has 0 atom stereocenters. The third-order valence-corrected chi connectivity index (χ3v) is 3.22. The zero-order valence-corrected chi connectivity index (χ0v) is 12.7. The summed E-state index contributed by atoms with van der Waals surface area (Å²) in [4.78, 5) is 9.18. The van der Waals surface area contributed by atoms with Crippen molar-refractivity contribution in [2.45, 2.75) is 33.6 Å². The highest BCUT2D eigenvalue weighted by Gasteiger charge is 2.09. The molecule has 0 radical (unpaired) electrons. The Balaban J connectivity index is 2.90. The SMILES string of the molecule is CCCc1nc(NCC)c(C)c(NCCSC)n1. The van der Waals surface area contributed by atoms with Gasteiger partial charge in [0.25, 0.3) is 0 Å². The van der Waals surface area contributed by atoms with Crippen LogP contribution in [0.4, 0.5) is 11.6 Å². The van der Waals surface area contributed by atoms with Gasteiger partial charge in [-0.3, -0.25) is 0 Å². The van der Waals surface area contributed by atoms with E-state index in [9.17, 15) is 0 Å². The number of thioether (sulfide) groups is 1. The zero-order chi connectivity index (χ0) is 13.4. The summed E-state index contributed by atoms with van der Waals surface area (Å²) in [6.07, 6.45) is 4.11. The largest absolute Gasteiger partial charge is 0.370 e. The van der Waals surface area contributed by atoms with E-state index in [2.05, 4.69) is 47.6 Å². The molecule has 18 heavy (non-hydrogen) atoms. The zero-order valence-electron chi connectivity index (χ0n) is 11.8. The van der Waals surface area contributed by atoms with E-state index in [1.54, 1.807) is 0 Å². The van der Waals surface area contributed by atoms with Gasteiger partial charge in [-0.05, 0) is 26.5 Å². The first-order valence-corrected chi connectivity index (χ1v) is 7.96. The Bertz CT molecular complexity index is 368. The fourth-order valence-corrected chi connectivity index (χ4v) is 1.99. The summed E-state index contributed by atoms with van der Waals surface area (Å²) in [5.74, 6) is 3.94. The summed E-state index contributed by atoms with van der Waals surface area (Å²) >= 11 is 1.83. The van der Waals surface area contributed by atoms with Crippen LogP contribution < -0.4 is 10.6 Å². The minimum atomic E-state index is 0.883. The first kappa shape index (κ1) is 15.1. The molecule has 0 unspecified atom stereocenters. The third-order valence-electron chi connectivity index (χ3n) is 2.61. The fourth-order valence-electron chi connectivity index (χ4n) is 1.68. The van der Waals surface area contributed by atoms with Gasteiger partial charge in [-0.2, -0.15) is 11.8 Å². The molecule has 0 spiro atoms. The van der Waals surface area contributed by atoms with Crippen molar-refractivity contribution in [2.75, 3.05) is 35.7 Å². The summed E-state index contributed by atoms with van der Waals surface area (Å²) < 4.78 is 0. The predicted molar refractivity (Wildman–Crippen MR) is 81.8 cm³/mol. The Morgan fingerprint density at radius 1 is 1.11 bits per heavy atom. The van der Waals surface area contributed by atoms with Crippen LogP contribution in [-0.2, 0) is 6.42 Å². The molecule has 2 N–H and O–H groups in total. The van der Waals surface area contributed by atoms with Gasteiger partial charge in [0, 0.05) is 30.8 Å². The standard InChI is InChI=1S/C13H24N4S/c1-5-7-11-16-12(14-6-2)10(3)13(17-11)15-8-9-18-4/h5-9H2,1-4H3,(H2,14,15,16,17). The average molecular weight is 268 g/mol. The number of aryl methyl sites for hydroxylation is 1. The molecule has 1 aromatic rings. The molecule has 0 aliphatic carbocycles. The summed E-state index contributed by atoms with van der Waals surface area (Å²) in [6.45, 7) is 8.12. The molecular formula is C13H24N4S. The molecule has 102 valence electrons. The molecule has 1 heterocycles. The molecule has 1 rings (SSSR count). The number of hydrogen-bond acceptors (Lipinski definition) is 5. The van der Waals surface area contributed by atoms with Gasteiger partial charge in [-0.15, -0.1) is 0 Å². The van der Waals surface area contributed by atoms with Crippen molar-refractivity contribution in [1.29, 1.82) is 0 Å². The molecule has 0 bridgehead atoms. The molecule has 0 aromatic carbocycles. The minimum absolute atomic E-state index is 0.883. The van der Waals surface area contributed by atoms with Crippen LogP contribution in [0.1, 0.15) is 31.7 Å². The highest BCUT2D eigenvalue weighted by molar-refractivity contribution is 7.98. The first-order valence-electron chi connectivity index (χ1n) is 6.57. The predicted octanol–water partition coefficient (Wildman–Crippen LogP) is 2.94. The summed E-state index contributed by atoms with van der Waals surface area (Å²) in [5.41, 5.74) is 1.11. The summed E-state index contributed by atoms with van der Waals surface area (Å²) in [5, 5.41) is 6.71. The van der Waals surface area contributed by atoms with Crippen LogP contribution in [0.5, 0.6) is 0 Å². The van der Waals surface area contributed by atoms with Gasteiger partial charge < -0.3 is 10.6 Å². The average Bonchev–Trinajstić information content (AvgIpc) is 2.35. The number of hydrogen-bond donors (Lipinski definition) is 2. The molecule has 0 fully saturated rings. The van der Waals surface area contributed by atoms with E-state index in [-0.39, 0.29) is 0 Å². The van der Waals surface area contributed by atoms with Gasteiger partial charge in [0.2, 0.25) is 0 Å². The van der Waals surface area contributed by atoms with Crippen LogP contribution in [0.25, 0.3) is 0 Å². The number of nitrogens with zero attached hydrogens (tertiary/aromatic N) is 2. The maximum absolute atomic E-state index is 4.61. The summed E-state index contributed by atoms with van der Waals surface area (Å²) in [7, 11) is 0. The van der Waals surface area contributed by atoms with Crippen molar-refractivity contribution < 1.29 is 0 Å². The highest BCUT2D eigenvalue weighted by atomic mass is 32.2.